The second-order valence-electron chi connectivity index (χ2n) is 4.00. The molecule has 1 aromatic carbocycles. The smallest absolute Gasteiger partial charge is 0.310 e. The van der Waals surface area contributed by atoms with Crippen molar-refractivity contribution in [1.82, 2.24) is 0 Å². The lowest BCUT2D eigenvalue weighted by Gasteiger charge is -2.09. The van der Waals surface area contributed by atoms with Gasteiger partial charge in [-0.1, -0.05) is 23.8 Å². The van der Waals surface area contributed by atoms with E-state index in [1.54, 1.807) is 13.0 Å². The summed E-state index contributed by atoms with van der Waals surface area (Å²) in [5.41, 5.74) is 2.29. The number of halogens is 1. The van der Waals surface area contributed by atoms with Gasteiger partial charge in [0.15, 0.2) is 5.78 Å². The lowest BCUT2D eigenvalue weighted by Crippen LogP contribution is -2.12. The van der Waals surface area contributed by atoms with Crippen molar-refractivity contribution < 1.29 is 14.3 Å². The molecule has 0 atom stereocenters. The van der Waals surface area contributed by atoms with Crippen LogP contribution in [0.15, 0.2) is 18.2 Å². The number of aryl methyl sites for hydroxylation is 1. The molecule has 0 bridgehead atoms. The zero-order chi connectivity index (χ0) is 13.5. The van der Waals surface area contributed by atoms with Crippen molar-refractivity contribution in [2.24, 2.45) is 0 Å². The largest absolute Gasteiger partial charge is 0.466 e. The van der Waals surface area contributed by atoms with E-state index < -0.39 is 0 Å². The van der Waals surface area contributed by atoms with E-state index in [2.05, 4.69) is 0 Å². The Kier molecular flexibility index (Phi) is 5.86. The summed E-state index contributed by atoms with van der Waals surface area (Å²) in [5.74, 6) is -0.0710. The van der Waals surface area contributed by atoms with Gasteiger partial charge < -0.3 is 4.74 Å². The monoisotopic (exact) mass is 268 g/mol. The molecular weight excluding hydrogens is 252 g/mol. The van der Waals surface area contributed by atoms with Crippen LogP contribution in [-0.4, -0.2) is 24.2 Å². The van der Waals surface area contributed by atoms with Gasteiger partial charge in [-0.25, -0.2) is 0 Å². The standard InChI is InChI=1S/C14H17ClO3/c1-3-18-14(17)9-11-8-10(2)4-5-12(11)13(16)6-7-15/h4-5,8H,3,6-7,9H2,1-2H3. The summed E-state index contributed by atoms with van der Waals surface area (Å²) in [6.45, 7) is 4.02. The van der Waals surface area contributed by atoms with Gasteiger partial charge in [0, 0.05) is 17.9 Å². The number of esters is 1. The molecule has 0 aromatic heterocycles. The van der Waals surface area contributed by atoms with Crippen LogP contribution >= 0.6 is 11.6 Å². The number of rotatable bonds is 6. The Morgan fingerprint density at radius 3 is 2.67 bits per heavy atom. The third kappa shape index (κ3) is 4.15. The van der Waals surface area contributed by atoms with Crippen molar-refractivity contribution in [2.75, 3.05) is 12.5 Å². The van der Waals surface area contributed by atoms with Crippen LogP contribution in [-0.2, 0) is 16.0 Å². The molecule has 0 aliphatic rings. The molecule has 1 aromatic rings. The quantitative estimate of drug-likeness (QED) is 0.453. The molecule has 0 aliphatic carbocycles. The minimum atomic E-state index is -0.317. The molecule has 98 valence electrons. The van der Waals surface area contributed by atoms with Crippen molar-refractivity contribution >= 4 is 23.4 Å². The Balaban J connectivity index is 2.96. The van der Waals surface area contributed by atoms with Crippen LogP contribution in [0.2, 0.25) is 0 Å². The molecule has 18 heavy (non-hydrogen) atoms. The maximum atomic E-state index is 11.9. The average molecular weight is 269 g/mol. The fourth-order valence-electron chi connectivity index (χ4n) is 1.73. The van der Waals surface area contributed by atoms with E-state index in [0.717, 1.165) is 5.56 Å². The van der Waals surface area contributed by atoms with Gasteiger partial charge in [0.25, 0.3) is 0 Å². The molecule has 0 unspecified atom stereocenters. The number of Topliss-reactive ketones (excluding diaryl/α,β-unsaturated/α-hetero) is 1. The van der Waals surface area contributed by atoms with E-state index in [1.807, 2.05) is 19.1 Å². The fourth-order valence-corrected chi connectivity index (χ4v) is 1.90. The molecule has 1 rings (SSSR count). The summed E-state index contributed by atoms with van der Waals surface area (Å²) in [6.07, 6.45) is 0.402. The van der Waals surface area contributed by atoms with Gasteiger partial charge in [0.05, 0.1) is 13.0 Å². The van der Waals surface area contributed by atoms with Crippen LogP contribution < -0.4 is 0 Å². The summed E-state index contributed by atoms with van der Waals surface area (Å²) >= 11 is 5.57. The second kappa shape index (κ2) is 7.17. The molecule has 0 fully saturated rings. The lowest BCUT2D eigenvalue weighted by molar-refractivity contribution is -0.142. The summed E-state index contributed by atoms with van der Waals surface area (Å²) in [7, 11) is 0. The van der Waals surface area contributed by atoms with Gasteiger partial charge in [-0.15, -0.1) is 11.6 Å². The summed E-state index contributed by atoms with van der Waals surface area (Å²) < 4.78 is 4.90. The Bertz CT molecular complexity index is 441. The number of ketones is 1. The van der Waals surface area contributed by atoms with E-state index in [9.17, 15) is 9.59 Å². The van der Waals surface area contributed by atoms with Gasteiger partial charge in [0.1, 0.15) is 0 Å². The molecule has 4 heteroatoms. The molecule has 0 aliphatic heterocycles. The van der Waals surface area contributed by atoms with Crippen molar-refractivity contribution in [1.29, 1.82) is 0 Å². The van der Waals surface area contributed by atoms with Gasteiger partial charge in [-0.2, -0.15) is 0 Å². The third-order valence-electron chi connectivity index (χ3n) is 2.52. The molecule has 0 amide bonds. The molecule has 0 N–H and O–H groups in total. The van der Waals surface area contributed by atoms with E-state index in [1.165, 1.54) is 0 Å². The highest BCUT2D eigenvalue weighted by Crippen LogP contribution is 2.15. The van der Waals surface area contributed by atoms with Crippen LogP contribution in [0.25, 0.3) is 0 Å². The molecule has 0 radical (unpaired) electrons. The van der Waals surface area contributed by atoms with Crippen LogP contribution in [0, 0.1) is 6.92 Å². The molecule has 0 saturated heterocycles. The number of benzene rings is 1. The first kappa shape index (κ1) is 14.7. The number of hydrogen-bond donors (Lipinski definition) is 0. The van der Waals surface area contributed by atoms with Crippen LogP contribution in [0.4, 0.5) is 0 Å². The molecule has 3 nitrogen and oxygen atoms in total. The lowest BCUT2D eigenvalue weighted by atomic mass is 9.97. The maximum absolute atomic E-state index is 11.9. The average Bonchev–Trinajstić information content (AvgIpc) is 2.29. The van der Waals surface area contributed by atoms with E-state index in [0.29, 0.717) is 17.7 Å². The number of carbonyl (C=O) groups is 2. The molecule has 0 spiro atoms. The highest BCUT2D eigenvalue weighted by atomic mass is 35.5. The number of alkyl halides is 1. The van der Waals surface area contributed by atoms with Crippen molar-refractivity contribution in [3.63, 3.8) is 0 Å². The number of ether oxygens (including phenoxy) is 1. The summed E-state index contributed by atoms with van der Waals surface area (Å²) in [5, 5.41) is 0. The normalized spacial score (nSPS) is 10.2. The van der Waals surface area contributed by atoms with Gasteiger partial charge in [0.2, 0.25) is 0 Å². The maximum Gasteiger partial charge on any atom is 0.310 e. The van der Waals surface area contributed by atoms with Gasteiger partial charge >= 0.3 is 5.97 Å². The topological polar surface area (TPSA) is 43.4 Å². The van der Waals surface area contributed by atoms with Crippen molar-refractivity contribution in [3.8, 4) is 0 Å². The van der Waals surface area contributed by atoms with E-state index >= 15 is 0 Å². The van der Waals surface area contributed by atoms with Gasteiger partial charge in [-0.3, -0.25) is 9.59 Å². The predicted octanol–water partition coefficient (Wildman–Crippen LogP) is 2.91. The highest BCUT2D eigenvalue weighted by molar-refractivity contribution is 6.19. The Morgan fingerprint density at radius 2 is 2.06 bits per heavy atom. The third-order valence-corrected chi connectivity index (χ3v) is 2.71. The number of carbonyl (C=O) groups excluding carboxylic acids is 2. The first-order valence-corrected chi connectivity index (χ1v) is 6.46. The van der Waals surface area contributed by atoms with Crippen molar-refractivity contribution in [3.05, 3.63) is 34.9 Å². The SMILES string of the molecule is CCOC(=O)Cc1cc(C)ccc1C(=O)CCCl. The van der Waals surface area contributed by atoms with Crippen LogP contribution in [0.3, 0.4) is 0 Å². The molecular formula is C14H17ClO3. The number of hydrogen-bond acceptors (Lipinski definition) is 3. The zero-order valence-corrected chi connectivity index (χ0v) is 11.4. The second-order valence-corrected chi connectivity index (χ2v) is 4.38. The Labute approximate surface area is 112 Å². The fraction of sp³-hybridized carbons (Fsp3) is 0.429. The Morgan fingerprint density at radius 1 is 1.33 bits per heavy atom. The van der Waals surface area contributed by atoms with Gasteiger partial charge in [-0.05, 0) is 19.4 Å². The van der Waals surface area contributed by atoms with E-state index in [-0.39, 0.29) is 30.5 Å². The van der Waals surface area contributed by atoms with Crippen LogP contribution in [0.5, 0.6) is 0 Å². The summed E-state index contributed by atoms with van der Waals surface area (Å²) in [6, 6.07) is 5.45. The first-order valence-electron chi connectivity index (χ1n) is 5.92. The molecule has 0 heterocycles. The summed E-state index contributed by atoms with van der Waals surface area (Å²) in [4.78, 5) is 23.4. The zero-order valence-electron chi connectivity index (χ0n) is 10.7. The van der Waals surface area contributed by atoms with E-state index in [4.69, 9.17) is 16.3 Å². The predicted molar refractivity (Wildman–Crippen MR) is 71.2 cm³/mol. The highest BCUT2D eigenvalue weighted by Gasteiger charge is 2.14. The molecule has 0 saturated carbocycles. The minimum absolute atomic E-state index is 0.0377. The minimum Gasteiger partial charge on any atom is -0.466 e. The van der Waals surface area contributed by atoms with Crippen LogP contribution in [0.1, 0.15) is 34.8 Å². The first-order chi connectivity index (χ1) is 8.58. The van der Waals surface area contributed by atoms with Crippen molar-refractivity contribution in [2.45, 2.75) is 26.7 Å². The Hall–Kier alpha value is -1.35.